The summed E-state index contributed by atoms with van der Waals surface area (Å²) in [6, 6.07) is 8.28. The molecular weight excluding hydrogens is 308 g/mol. The number of unbranched alkanes of at least 4 members (excludes halogenated alkanes) is 5. The van der Waals surface area contributed by atoms with Crippen LogP contribution in [0.15, 0.2) is 24.3 Å². The molecule has 2 heteroatoms. The molecule has 0 amide bonds. The lowest BCUT2D eigenvalue weighted by molar-refractivity contribution is -0.121. The van der Waals surface area contributed by atoms with E-state index in [0.29, 0.717) is 18.1 Å². The van der Waals surface area contributed by atoms with Gasteiger partial charge in [-0.1, -0.05) is 63.3 Å². The third kappa shape index (κ3) is 6.41. The molecule has 0 radical (unpaired) electrons. The van der Waals surface area contributed by atoms with E-state index in [2.05, 4.69) is 19.1 Å². The van der Waals surface area contributed by atoms with Crippen LogP contribution >= 0.6 is 0 Å². The number of benzene rings is 1. The zero-order valence-corrected chi connectivity index (χ0v) is 16.1. The molecule has 0 aliphatic heterocycles. The average molecular weight is 343 g/mol. The first kappa shape index (κ1) is 19.9. The fourth-order valence-corrected chi connectivity index (χ4v) is 3.98. The van der Waals surface area contributed by atoms with Gasteiger partial charge in [0, 0.05) is 17.9 Å². The number of ketones is 2. The number of hydrogen-bond donors (Lipinski definition) is 0. The van der Waals surface area contributed by atoms with Crippen molar-refractivity contribution in [3.8, 4) is 0 Å². The summed E-state index contributed by atoms with van der Waals surface area (Å²) in [7, 11) is 0. The minimum Gasteiger partial charge on any atom is -0.300 e. The third-order valence-corrected chi connectivity index (χ3v) is 5.76. The van der Waals surface area contributed by atoms with E-state index in [4.69, 9.17) is 0 Å². The number of carbonyl (C=O) groups is 2. The number of rotatable bonds is 10. The summed E-state index contributed by atoms with van der Waals surface area (Å²) in [5, 5.41) is 0. The molecule has 1 aromatic carbocycles. The predicted octanol–water partition coefficient (Wildman–Crippen LogP) is 6.48. The standard InChI is InChI=1S/C23H34O2/c1-3-4-5-6-7-8-9-23(25)22-16-14-21(15-17-22)20-12-10-19(11-13-20)18(2)24/h14-17,19-20H,3-13H2,1-2H3. The van der Waals surface area contributed by atoms with E-state index < -0.39 is 0 Å². The van der Waals surface area contributed by atoms with Crippen LogP contribution in [0, 0.1) is 5.92 Å². The molecule has 0 atom stereocenters. The summed E-state index contributed by atoms with van der Waals surface area (Å²) in [5.41, 5.74) is 2.19. The Labute approximate surface area is 153 Å². The van der Waals surface area contributed by atoms with Crippen LogP contribution in [0.25, 0.3) is 0 Å². The van der Waals surface area contributed by atoms with Gasteiger partial charge in [-0.15, -0.1) is 0 Å². The molecule has 0 bridgehead atoms. The van der Waals surface area contributed by atoms with Crippen molar-refractivity contribution in [2.45, 2.75) is 90.4 Å². The summed E-state index contributed by atoms with van der Waals surface area (Å²) in [6.07, 6.45) is 12.2. The Morgan fingerprint density at radius 1 is 0.880 bits per heavy atom. The quantitative estimate of drug-likeness (QED) is 0.360. The first-order valence-electron chi connectivity index (χ1n) is 10.3. The molecule has 0 spiro atoms. The summed E-state index contributed by atoms with van der Waals surface area (Å²) in [5.74, 6) is 1.45. The largest absolute Gasteiger partial charge is 0.300 e. The van der Waals surface area contributed by atoms with Crippen molar-refractivity contribution in [3.63, 3.8) is 0 Å². The molecule has 1 saturated carbocycles. The van der Waals surface area contributed by atoms with Gasteiger partial charge in [0.05, 0.1) is 0 Å². The molecule has 0 saturated heterocycles. The normalized spacial score (nSPS) is 20.4. The number of Topliss-reactive ketones (excluding diaryl/α,β-unsaturated/α-hetero) is 2. The Balaban J connectivity index is 1.76. The summed E-state index contributed by atoms with van der Waals surface area (Å²) in [6.45, 7) is 3.94. The third-order valence-electron chi connectivity index (χ3n) is 5.76. The smallest absolute Gasteiger partial charge is 0.162 e. The van der Waals surface area contributed by atoms with Crippen LogP contribution in [-0.2, 0) is 4.79 Å². The molecule has 2 rings (SSSR count). The van der Waals surface area contributed by atoms with E-state index in [9.17, 15) is 9.59 Å². The highest BCUT2D eigenvalue weighted by molar-refractivity contribution is 5.96. The van der Waals surface area contributed by atoms with Crippen LogP contribution in [-0.4, -0.2) is 11.6 Å². The summed E-state index contributed by atoms with van der Waals surface area (Å²) >= 11 is 0. The molecule has 0 heterocycles. The summed E-state index contributed by atoms with van der Waals surface area (Å²) < 4.78 is 0. The van der Waals surface area contributed by atoms with E-state index in [1.54, 1.807) is 6.92 Å². The zero-order chi connectivity index (χ0) is 18.1. The molecule has 25 heavy (non-hydrogen) atoms. The van der Waals surface area contributed by atoms with Crippen molar-refractivity contribution in [2.24, 2.45) is 5.92 Å². The first-order chi connectivity index (χ1) is 12.1. The highest BCUT2D eigenvalue weighted by atomic mass is 16.1. The lowest BCUT2D eigenvalue weighted by Gasteiger charge is -2.27. The van der Waals surface area contributed by atoms with Crippen molar-refractivity contribution >= 4 is 11.6 Å². The molecule has 138 valence electrons. The SMILES string of the molecule is CCCCCCCCC(=O)c1ccc(C2CCC(C(C)=O)CC2)cc1. The predicted molar refractivity (Wildman–Crippen MR) is 104 cm³/mol. The highest BCUT2D eigenvalue weighted by Crippen LogP contribution is 2.36. The van der Waals surface area contributed by atoms with Crippen LogP contribution in [0.4, 0.5) is 0 Å². The van der Waals surface area contributed by atoms with Crippen LogP contribution in [0.5, 0.6) is 0 Å². The molecule has 1 aromatic rings. The second-order valence-corrected chi connectivity index (χ2v) is 7.72. The van der Waals surface area contributed by atoms with Crippen molar-refractivity contribution in [2.75, 3.05) is 0 Å². The molecule has 0 aromatic heterocycles. The Hall–Kier alpha value is -1.44. The van der Waals surface area contributed by atoms with Crippen molar-refractivity contribution in [1.82, 2.24) is 0 Å². The highest BCUT2D eigenvalue weighted by Gasteiger charge is 2.24. The minimum absolute atomic E-state index is 0.273. The minimum atomic E-state index is 0.273. The van der Waals surface area contributed by atoms with Gasteiger partial charge in [0.15, 0.2) is 5.78 Å². The van der Waals surface area contributed by atoms with Crippen LogP contribution in [0.2, 0.25) is 0 Å². The van der Waals surface area contributed by atoms with Gasteiger partial charge in [-0.3, -0.25) is 9.59 Å². The molecule has 1 aliphatic rings. The van der Waals surface area contributed by atoms with Crippen LogP contribution in [0.1, 0.15) is 106 Å². The lowest BCUT2D eigenvalue weighted by atomic mass is 9.77. The molecule has 1 aliphatic carbocycles. The second kappa shape index (κ2) is 10.5. The van der Waals surface area contributed by atoms with Gasteiger partial charge in [-0.2, -0.15) is 0 Å². The van der Waals surface area contributed by atoms with Gasteiger partial charge in [0.1, 0.15) is 5.78 Å². The van der Waals surface area contributed by atoms with Crippen LogP contribution in [0.3, 0.4) is 0 Å². The maximum atomic E-state index is 12.3. The van der Waals surface area contributed by atoms with E-state index in [-0.39, 0.29) is 11.7 Å². The van der Waals surface area contributed by atoms with Crippen LogP contribution < -0.4 is 0 Å². The maximum Gasteiger partial charge on any atom is 0.162 e. The van der Waals surface area contributed by atoms with Gasteiger partial charge in [-0.25, -0.2) is 0 Å². The van der Waals surface area contributed by atoms with Crippen molar-refractivity contribution in [3.05, 3.63) is 35.4 Å². The number of hydrogen-bond acceptors (Lipinski definition) is 2. The topological polar surface area (TPSA) is 34.1 Å². The zero-order valence-electron chi connectivity index (χ0n) is 16.1. The molecule has 2 nitrogen and oxygen atoms in total. The summed E-state index contributed by atoms with van der Waals surface area (Å²) in [4.78, 5) is 23.8. The Bertz CT molecular complexity index is 536. The monoisotopic (exact) mass is 342 g/mol. The van der Waals surface area contributed by atoms with Gasteiger partial charge >= 0.3 is 0 Å². The fraction of sp³-hybridized carbons (Fsp3) is 0.652. The van der Waals surface area contributed by atoms with Gasteiger partial charge in [0.25, 0.3) is 0 Å². The molecule has 0 unspecified atom stereocenters. The molecular formula is C23H34O2. The van der Waals surface area contributed by atoms with Crippen molar-refractivity contribution in [1.29, 1.82) is 0 Å². The Kier molecular flexibility index (Phi) is 8.37. The van der Waals surface area contributed by atoms with E-state index in [0.717, 1.165) is 37.7 Å². The van der Waals surface area contributed by atoms with E-state index in [1.165, 1.54) is 37.7 Å². The van der Waals surface area contributed by atoms with Crippen molar-refractivity contribution < 1.29 is 9.59 Å². The Morgan fingerprint density at radius 3 is 2.08 bits per heavy atom. The van der Waals surface area contributed by atoms with E-state index in [1.807, 2.05) is 12.1 Å². The molecule has 0 N–H and O–H groups in total. The molecule has 1 fully saturated rings. The first-order valence-corrected chi connectivity index (χ1v) is 10.3. The fourth-order valence-electron chi connectivity index (χ4n) is 3.98. The van der Waals surface area contributed by atoms with E-state index >= 15 is 0 Å². The Morgan fingerprint density at radius 2 is 1.48 bits per heavy atom. The lowest BCUT2D eigenvalue weighted by Crippen LogP contribution is -2.18. The van der Waals surface area contributed by atoms with Gasteiger partial charge in [0.2, 0.25) is 0 Å². The number of carbonyl (C=O) groups excluding carboxylic acids is 2. The average Bonchev–Trinajstić information content (AvgIpc) is 2.64. The van der Waals surface area contributed by atoms with Gasteiger partial charge < -0.3 is 0 Å². The maximum absolute atomic E-state index is 12.3. The second-order valence-electron chi connectivity index (χ2n) is 7.72. The van der Waals surface area contributed by atoms with Gasteiger partial charge in [-0.05, 0) is 50.5 Å².